The molecular weight excluding hydrogens is 546 g/mol. The van der Waals surface area contributed by atoms with Crippen molar-refractivity contribution in [1.29, 1.82) is 5.26 Å². The molecule has 1 amide bonds. The largest absolute Gasteiger partial charge is 0.488 e. The van der Waals surface area contributed by atoms with Crippen molar-refractivity contribution >= 4 is 63.5 Å². The smallest absolute Gasteiger partial charge is 0.266 e. The maximum Gasteiger partial charge on any atom is 0.266 e. The SMILES string of the molecule is Cc1ccc(Cl)cc1NC(=O)/C(C#N)=C/c1ccc(OCc2ccc(Cl)cc2)c(I)c1. The Hall–Kier alpha value is -2.53. The van der Waals surface area contributed by atoms with Gasteiger partial charge in [0.15, 0.2) is 0 Å². The molecule has 0 saturated heterocycles. The summed E-state index contributed by atoms with van der Waals surface area (Å²) in [5.41, 5.74) is 3.14. The molecule has 0 radical (unpaired) electrons. The van der Waals surface area contributed by atoms with Crippen molar-refractivity contribution in [2.45, 2.75) is 13.5 Å². The summed E-state index contributed by atoms with van der Waals surface area (Å²) in [4.78, 5) is 12.6. The fraction of sp³-hybridized carbons (Fsp3) is 0.0833. The molecule has 31 heavy (non-hydrogen) atoms. The average molecular weight is 563 g/mol. The fourth-order valence-corrected chi connectivity index (χ4v) is 3.69. The number of nitriles is 1. The third-order valence-electron chi connectivity index (χ3n) is 4.39. The van der Waals surface area contributed by atoms with Crippen LogP contribution in [0.3, 0.4) is 0 Å². The van der Waals surface area contributed by atoms with Gasteiger partial charge in [0.25, 0.3) is 5.91 Å². The number of carbonyl (C=O) groups is 1. The Morgan fingerprint density at radius 3 is 2.48 bits per heavy atom. The molecule has 0 saturated carbocycles. The number of aryl methyl sites for hydroxylation is 1. The monoisotopic (exact) mass is 562 g/mol. The van der Waals surface area contributed by atoms with Gasteiger partial charge in [0.05, 0.1) is 3.57 Å². The first-order valence-corrected chi connectivity index (χ1v) is 11.1. The molecule has 156 valence electrons. The van der Waals surface area contributed by atoms with Crippen LogP contribution < -0.4 is 10.1 Å². The van der Waals surface area contributed by atoms with Crippen molar-refractivity contribution in [2.75, 3.05) is 5.32 Å². The highest BCUT2D eigenvalue weighted by Crippen LogP contribution is 2.25. The van der Waals surface area contributed by atoms with Crippen molar-refractivity contribution < 1.29 is 9.53 Å². The lowest BCUT2D eigenvalue weighted by Gasteiger charge is -2.10. The Kier molecular flexibility index (Phi) is 7.97. The number of halogens is 3. The molecule has 0 spiro atoms. The van der Waals surface area contributed by atoms with Gasteiger partial charge in [-0.05, 0) is 88.7 Å². The second-order valence-corrected chi connectivity index (χ2v) is 8.72. The maximum absolute atomic E-state index is 12.6. The Morgan fingerprint density at radius 2 is 1.81 bits per heavy atom. The highest BCUT2D eigenvalue weighted by molar-refractivity contribution is 14.1. The maximum atomic E-state index is 12.6. The summed E-state index contributed by atoms with van der Waals surface area (Å²) >= 11 is 14.1. The molecule has 0 aliphatic carbocycles. The molecule has 3 rings (SSSR count). The molecule has 3 aromatic carbocycles. The van der Waals surface area contributed by atoms with Crippen LogP contribution >= 0.6 is 45.8 Å². The number of ether oxygens (including phenoxy) is 1. The zero-order valence-electron chi connectivity index (χ0n) is 16.5. The fourth-order valence-electron chi connectivity index (χ4n) is 2.70. The molecular formula is C24H17Cl2IN2O2. The third kappa shape index (κ3) is 6.47. The van der Waals surface area contributed by atoms with Crippen LogP contribution in [0.25, 0.3) is 6.08 Å². The second-order valence-electron chi connectivity index (χ2n) is 6.69. The van der Waals surface area contributed by atoms with Crippen LogP contribution in [-0.2, 0) is 11.4 Å². The minimum Gasteiger partial charge on any atom is -0.488 e. The van der Waals surface area contributed by atoms with Crippen molar-refractivity contribution in [1.82, 2.24) is 0 Å². The lowest BCUT2D eigenvalue weighted by molar-refractivity contribution is -0.112. The topological polar surface area (TPSA) is 62.1 Å². The summed E-state index contributed by atoms with van der Waals surface area (Å²) in [6.45, 7) is 2.26. The van der Waals surface area contributed by atoms with E-state index < -0.39 is 5.91 Å². The van der Waals surface area contributed by atoms with Gasteiger partial charge in [-0.25, -0.2) is 0 Å². The van der Waals surface area contributed by atoms with E-state index in [4.69, 9.17) is 27.9 Å². The van der Waals surface area contributed by atoms with Crippen LogP contribution in [0.4, 0.5) is 5.69 Å². The van der Waals surface area contributed by atoms with E-state index in [0.717, 1.165) is 20.3 Å². The van der Waals surface area contributed by atoms with E-state index in [-0.39, 0.29) is 5.57 Å². The Morgan fingerprint density at radius 1 is 1.10 bits per heavy atom. The van der Waals surface area contributed by atoms with Crippen LogP contribution in [0, 0.1) is 21.8 Å². The molecule has 0 atom stereocenters. The summed E-state index contributed by atoms with van der Waals surface area (Å²) in [7, 11) is 0. The number of hydrogen-bond acceptors (Lipinski definition) is 3. The zero-order chi connectivity index (χ0) is 22.4. The molecule has 0 aliphatic heterocycles. The highest BCUT2D eigenvalue weighted by atomic mass is 127. The van der Waals surface area contributed by atoms with E-state index in [0.29, 0.717) is 28.1 Å². The minimum absolute atomic E-state index is 0.00925. The summed E-state index contributed by atoms with van der Waals surface area (Å²) in [6.07, 6.45) is 1.54. The highest BCUT2D eigenvalue weighted by Gasteiger charge is 2.12. The van der Waals surface area contributed by atoms with Gasteiger partial charge in [-0.15, -0.1) is 0 Å². The van der Waals surface area contributed by atoms with E-state index in [1.165, 1.54) is 0 Å². The summed E-state index contributed by atoms with van der Waals surface area (Å²) < 4.78 is 6.74. The number of benzene rings is 3. The van der Waals surface area contributed by atoms with Gasteiger partial charge in [-0.3, -0.25) is 4.79 Å². The standard InChI is InChI=1S/C24H17Cl2IN2O2/c1-15-2-6-20(26)12-22(15)29-24(30)18(13-28)10-17-5-9-23(21(27)11-17)31-14-16-3-7-19(25)8-4-16/h2-12H,14H2,1H3,(H,29,30)/b18-10+. The lowest BCUT2D eigenvalue weighted by atomic mass is 10.1. The van der Waals surface area contributed by atoms with Crippen LogP contribution in [0.1, 0.15) is 16.7 Å². The van der Waals surface area contributed by atoms with Gasteiger partial charge >= 0.3 is 0 Å². The van der Waals surface area contributed by atoms with Crippen LogP contribution in [0.15, 0.2) is 66.2 Å². The molecule has 4 nitrogen and oxygen atoms in total. The predicted octanol–water partition coefficient (Wildman–Crippen LogP) is 7.03. The molecule has 0 fully saturated rings. The number of anilines is 1. The van der Waals surface area contributed by atoms with E-state index in [9.17, 15) is 10.1 Å². The zero-order valence-corrected chi connectivity index (χ0v) is 20.1. The average Bonchev–Trinajstić information content (AvgIpc) is 2.75. The van der Waals surface area contributed by atoms with E-state index in [1.54, 1.807) is 30.3 Å². The number of carbonyl (C=O) groups excluding carboxylic acids is 1. The molecule has 0 unspecified atom stereocenters. The number of nitrogens with one attached hydrogen (secondary N) is 1. The first-order valence-electron chi connectivity index (χ1n) is 9.22. The Balaban J connectivity index is 1.72. The van der Waals surface area contributed by atoms with Crippen LogP contribution in [-0.4, -0.2) is 5.91 Å². The van der Waals surface area contributed by atoms with Gasteiger partial charge in [-0.1, -0.05) is 47.5 Å². The quantitative estimate of drug-likeness (QED) is 0.199. The number of nitrogens with zero attached hydrogens (tertiary/aromatic N) is 1. The van der Waals surface area contributed by atoms with E-state index in [1.807, 2.05) is 49.4 Å². The van der Waals surface area contributed by atoms with E-state index >= 15 is 0 Å². The minimum atomic E-state index is -0.495. The van der Waals surface area contributed by atoms with Crippen molar-refractivity contribution in [3.8, 4) is 11.8 Å². The molecule has 7 heteroatoms. The van der Waals surface area contributed by atoms with Crippen molar-refractivity contribution in [2.24, 2.45) is 0 Å². The molecule has 0 bridgehead atoms. The predicted molar refractivity (Wildman–Crippen MR) is 133 cm³/mol. The molecule has 1 N–H and O–H groups in total. The van der Waals surface area contributed by atoms with Crippen LogP contribution in [0.5, 0.6) is 5.75 Å². The van der Waals surface area contributed by atoms with Gasteiger partial charge in [0.2, 0.25) is 0 Å². The van der Waals surface area contributed by atoms with Crippen LogP contribution in [0.2, 0.25) is 10.0 Å². The second kappa shape index (κ2) is 10.7. The van der Waals surface area contributed by atoms with Gasteiger partial charge in [0, 0.05) is 15.7 Å². The summed E-state index contributed by atoms with van der Waals surface area (Å²) in [5.74, 6) is 0.219. The number of hydrogen-bond donors (Lipinski definition) is 1. The van der Waals surface area contributed by atoms with E-state index in [2.05, 4.69) is 27.9 Å². The first kappa shape index (κ1) is 23.1. The van der Waals surface area contributed by atoms with Crippen molar-refractivity contribution in [3.05, 3.63) is 96.5 Å². The normalized spacial score (nSPS) is 11.0. The van der Waals surface area contributed by atoms with Gasteiger partial charge < -0.3 is 10.1 Å². The Labute approximate surface area is 204 Å². The van der Waals surface area contributed by atoms with Crippen molar-refractivity contribution in [3.63, 3.8) is 0 Å². The number of rotatable bonds is 6. The molecule has 0 aliphatic rings. The number of amides is 1. The van der Waals surface area contributed by atoms with Gasteiger partial charge in [-0.2, -0.15) is 5.26 Å². The lowest BCUT2D eigenvalue weighted by Crippen LogP contribution is -2.14. The van der Waals surface area contributed by atoms with Gasteiger partial charge in [0.1, 0.15) is 24.0 Å². The molecule has 3 aromatic rings. The Bertz CT molecular complexity index is 1190. The first-order chi connectivity index (χ1) is 14.9. The summed E-state index contributed by atoms with van der Waals surface area (Å²) in [5, 5.41) is 13.4. The molecule has 0 aromatic heterocycles. The third-order valence-corrected chi connectivity index (χ3v) is 5.72. The summed E-state index contributed by atoms with van der Waals surface area (Å²) in [6, 6.07) is 20.1. The molecule has 0 heterocycles.